The second-order valence-electron chi connectivity index (χ2n) is 6.61. The van der Waals surface area contributed by atoms with Crippen molar-refractivity contribution in [3.8, 4) is 5.75 Å². The molecule has 2 N–H and O–H groups in total. The van der Waals surface area contributed by atoms with Crippen LogP contribution in [0.5, 0.6) is 5.75 Å². The number of quaternary nitrogens is 1. The Morgan fingerprint density at radius 1 is 0.846 bits per heavy atom. The van der Waals surface area contributed by atoms with E-state index in [0.717, 1.165) is 12.3 Å². The fourth-order valence-corrected chi connectivity index (χ4v) is 2.98. The number of aliphatic hydroxyl groups is 1. The van der Waals surface area contributed by atoms with Crippen molar-refractivity contribution in [2.75, 3.05) is 13.2 Å². The van der Waals surface area contributed by atoms with Gasteiger partial charge in [0, 0.05) is 5.56 Å². The summed E-state index contributed by atoms with van der Waals surface area (Å²) in [6.07, 6.45) is -0.546. The zero-order valence-electron chi connectivity index (χ0n) is 15.1. The van der Waals surface area contributed by atoms with Crippen LogP contribution in [0.3, 0.4) is 0 Å². The van der Waals surface area contributed by atoms with Crippen LogP contribution in [0.4, 0.5) is 5.69 Å². The Morgan fingerprint density at radius 3 is 2.12 bits per heavy atom. The average molecular weight is 348 g/mol. The van der Waals surface area contributed by atoms with Gasteiger partial charge in [-0.15, -0.1) is 0 Å². The maximum absolute atomic E-state index is 10.5. The maximum Gasteiger partial charge on any atom is 0.137 e. The fraction of sp³-hybridized carbons (Fsp3) is 0.217. The van der Waals surface area contributed by atoms with E-state index >= 15 is 0 Å². The van der Waals surface area contributed by atoms with Crippen LogP contribution in [0.1, 0.15) is 11.1 Å². The number of benzene rings is 3. The molecule has 0 spiro atoms. The highest BCUT2D eigenvalue weighted by atomic mass is 16.5. The first-order valence-corrected chi connectivity index (χ1v) is 9.02. The molecule has 0 aromatic heterocycles. The number of ether oxygens (including phenoxy) is 1. The van der Waals surface area contributed by atoms with Gasteiger partial charge in [0.15, 0.2) is 0 Å². The molecular weight excluding hydrogens is 322 g/mol. The van der Waals surface area contributed by atoms with E-state index in [9.17, 15) is 5.11 Å². The van der Waals surface area contributed by atoms with Gasteiger partial charge in [-0.1, -0.05) is 66.2 Å². The minimum Gasteiger partial charge on any atom is -0.491 e. The fourth-order valence-electron chi connectivity index (χ4n) is 2.98. The minimum absolute atomic E-state index is 0.286. The first kappa shape index (κ1) is 18.2. The second kappa shape index (κ2) is 9.18. The lowest BCUT2D eigenvalue weighted by atomic mass is 10.2. The zero-order chi connectivity index (χ0) is 18.2. The van der Waals surface area contributed by atoms with Gasteiger partial charge in [-0.25, -0.2) is 0 Å². The molecule has 0 radical (unpaired) electrons. The van der Waals surface area contributed by atoms with E-state index in [0.29, 0.717) is 6.54 Å². The molecule has 2 unspecified atom stereocenters. The first-order valence-electron chi connectivity index (χ1n) is 9.02. The van der Waals surface area contributed by atoms with Crippen molar-refractivity contribution in [1.82, 2.24) is 0 Å². The van der Waals surface area contributed by atoms with Gasteiger partial charge in [0.1, 0.15) is 37.2 Å². The highest BCUT2D eigenvalue weighted by Crippen LogP contribution is 2.11. The molecule has 0 saturated carbocycles. The molecule has 0 heterocycles. The smallest absolute Gasteiger partial charge is 0.137 e. The number of nitrogens with one attached hydrogen (secondary N) is 1. The molecule has 0 bridgehead atoms. The summed E-state index contributed by atoms with van der Waals surface area (Å²) in [5.41, 5.74) is 3.62. The highest BCUT2D eigenvalue weighted by molar-refractivity contribution is 5.28. The summed E-state index contributed by atoms with van der Waals surface area (Å²) < 4.78 is 5.75. The van der Waals surface area contributed by atoms with E-state index in [1.165, 1.54) is 21.7 Å². The molecule has 26 heavy (non-hydrogen) atoms. The summed E-state index contributed by atoms with van der Waals surface area (Å²) >= 11 is 0. The standard InChI is InChI=1S/C23H25NO2/c1-19-12-14-23(15-13-19)26-18-22(25)17-24(21-10-6-3-7-11-21)16-20-8-4-2-5-9-20/h2-15,22,25H,16-18H2,1H3/p+1. The van der Waals surface area contributed by atoms with Crippen molar-refractivity contribution >= 4 is 5.69 Å². The molecule has 3 heteroatoms. The molecule has 3 rings (SSSR count). The van der Waals surface area contributed by atoms with Crippen LogP contribution >= 0.6 is 0 Å². The van der Waals surface area contributed by atoms with Crippen LogP contribution in [0.15, 0.2) is 84.9 Å². The van der Waals surface area contributed by atoms with Crippen molar-refractivity contribution in [1.29, 1.82) is 0 Å². The van der Waals surface area contributed by atoms with Gasteiger partial charge in [0.05, 0.1) is 0 Å². The summed E-state index contributed by atoms with van der Waals surface area (Å²) in [4.78, 5) is 1.22. The largest absolute Gasteiger partial charge is 0.491 e. The van der Waals surface area contributed by atoms with E-state index in [4.69, 9.17) is 4.74 Å². The molecule has 0 amide bonds. The Kier molecular flexibility index (Phi) is 6.42. The zero-order valence-corrected chi connectivity index (χ0v) is 15.1. The van der Waals surface area contributed by atoms with E-state index in [1.807, 2.05) is 55.5 Å². The van der Waals surface area contributed by atoms with Gasteiger partial charge < -0.3 is 9.84 Å². The van der Waals surface area contributed by atoms with E-state index < -0.39 is 6.10 Å². The molecule has 3 aromatic carbocycles. The highest BCUT2D eigenvalue weighted by Gasteiger charge is 2.18. The van der Waals surface area contributed by atoms with E-state index in [1.54, 1.807) is 0 Å². The summed E-state index contributed by atoms with van der Waals surface area (Å²) in [6.45, 7) is 3.74. The average Bonchev–Trinajstić information content (AvgIpc) is 2.68. The van der Waals surface area contributed by atoms with Crippen molar-refractivity contribution in [2.45, 2.75) is 19.6 Å². The number of aryl methyl sites for hydroxylation is 1. The molecule has 0 fully saturated rings. The van der Waals surface area contributed by atoms with Gasteiger partial charge in [-0.05, 0) is 31.2 Å². The van der Waals surface area contributed by atoms with Gasteiger partial charge in [-0.3, -0.25) is 4.90 Å². The van der Waals surface area contributed by atoms with Crippen molar-refractivity contribution < 1.29 is 14.7 Å². The summed E-state index contributed by atoms with van der Waals surface area (Å²) in [7, 11) is 0. The molecule has 0 aliphatic carbocycles. The van der Waals surface area contributed by atoms with E-state index in [2.05, 4.69) is 36.4 Å². The van der Waals surface area contributed by atoms with Gasteiger partial charge in [0.25, 0.3) is 0 Å². The Labute approximate surface area is 155 Å². The second-order valence-corrected chi connectivity index (χ2v) is 6.61. The first-order chi connectivity index (χ1) is 12.7. The molecule has 0 aliphatic rings. The van der Waals surface area contributed by atoms with Crippen LogP contribution < -0.4 is 9.64 Å². The van der Waals surface area contributed by atoms with Crippen molar-refractivity contribution in [3.05, 3.63) is 96.1 Å². The number of para-hydroxylation sites is 1. The Morgan fingerprint density at radius 2 is 1.46 bits per heavy atom. The van der Waals surface area contributed by atoms with Crippen LogP contribution in [0, 0.1) is 6.92 Å². The Balaban J connectivity index is 1.63. The predicted octanol–water partition coefficient (Wildman–Crippen LogP) is 3.15. The number of hydrogen-bond donors (Lipinski definition) is 2. The summed E-state index contributed by atoms with van der Waals surface area (Å²) in [5, 5.41) is 10.5. The summed E-state index contributed by atoms with van der Waals surface area (Å²) in [5.74, 6) is 0.791. The van der Waals surface area contributed by atoms with Gasteiger partial charge in [-0.2, -0.15) is 0 Å². The summed E-state index contributed by atoms with van der Waals surface area (Å²) in [6, 6.07) is 28.6. The SMILES string of the molecule is Cc1ccc(OCC(O)C[NH+](Cc2ccccc2)c2ccccc2)cc1. The molecule has 2 atom stereocenters. The third kappa shape index (κ3) is 5.45. The maximum atomic E-state index is 10.5. The van der Waals surface area contributed by atoms with Crippen LogP contribution in [-0.2, 0) is 6.54 Å². The van der Waals surface area contributed by atoms with Crippen molar-refractivity contribution in [2.24, 2.45) is 0 Å². The van der Waals surface area contributed by atoms with E-state index in [-0.39, 0.29) is 6.61 Å². The van der Waals surface area contributed by atoms with Gasteiger partial charge in [0.2, 0.25) is 0 Å². The third-order valence-corrected chi connectivity index (χ3v) is 4.39. The minimum atomic E-state index is -0.546. The topological polar surface area (TPSA) is 33.9 Å². The molecule has 3 aromatic rings. The molecule has 134 valence electrons. The molecule has 0 saturated heterocycles. The lowest BCUT2D eigenvalue weighted by molar-refractivity contribution is -0.851. The lowest BCUT2D eigenvalue weighted by Gasteiger charge is -2.22. The molecule has 0 aliphatic heterocycles. The van der Waals surface area contributed by atoms with Crippen LogP contribution in [0.25, 0.3) is 0 Å². The predicted molar refractivity (Wildman–Crippen MR) is 105 cm³/mol. The van der Waals surface area contributed by atoms with Crippen molar-refractivity contribution in [3.63, 3.8) is 0 Å². The number of aliphatic hydroxyl groups excluding tert-OH is 1. The molecular formula is C23H26NO2+. The Hall–Kier alpha value is -2.62. The molecule has 3 nitrogen and oxygen atoms in total. The normalized spacial score (nSPS) is 13.2. The Bertz CT molecular complexity index is 772. The van der Waals surface area contributed by atoms with Gasteiger partial charge >= 0.3 is 0 Å². The third-order valence-electron chi connectivity index (χ3n) is 4.39. The van der Waals surface area contributed by atoms with Crippen LogP contribution in [0.2, 0.25) is 0 Å². The monoisotopic (exact) mass is 348 g/mol. The van der Waals surface area contributed by atoms with Crippen LogP contribution in [-0.4, -0.2) is 24.4 Å². The number of rotatable bonds is 8. The quantitative estimate of drug-likeness (QED) is 0.656. The number of hydrogen-bond acceptors (Lipinski definition) is 2. The lowest BCUT2D eigenvalue weighted by Crippen LogP contribution is -3.07.